The van der Waals surface area contributed by atoms with Crippen molar-refractivity contribution < 1.29 is 9.59 Å². The second-order valence-electron chi connectivity index (χ2n) is 8.09. The molecule has 0 saturated carbocycles. The van der Waals surface area contributed by atoms with Crippen LogP contribution in [0.3, 0.4) is 0 Å². The zero-order valence-corrected chi connectivity index (χ0v) is 18.5. The average Bonchev–Trinajstić information content (AvgIpc) is 2.79. The van der Waals surface area contributed by atoms with Gasteiger partial charge in [-0.25, -0.2) is 4.79 Å². The number of carbonyl (C=O) groups is 2. The summed E-state index contributed by atoms with van der Waals surface area (Å²) in [6.07, 6.45) is 0. The molecule has 164 valence electrons. The number of benzene rings is 3. The number of amides is 3. The van der Waals surface area contributed by atoms with E-state index in [0.29, 0.717) is 13.1 Å². The molecular formula is C26H28N4O2. The van der Waals surface area contributed by atoms with Gasteiger partial charge >= 0.3 is 6.03 Å². The fourth-order valence-corrected chi connectivity index (χ4v) is 3.92. The van der Waals surface area contributed by atoms with E-state index in [1.807, 2.05) is 91.5 Å². The molecule has 6 heteroatoms. The third-order valence-corrected chi connectivity index (χ3v) is 5.71. The van der Waals surface area contributed by atoms with E-state index in [4.69, 9.17) is 0 Å². The van der Waals surface area contributed by atoms with Crippen molar-refractivity contribution in [3.63, 3.8) is 0 Å². The molecule has 0 unspecified atom stereocenters. The highest BCUT2D eigenvalue weighted by Gasteiger charge is 2.23. The van der Waals surface area contributed by atoms with Gasteiger partial charge < -0.3 is 20.4 Å². The van der Waals surface area contributed by atoms with Gasteiger partial charge in [0, 0.05) is 48.8 Å². The molecule has 0 aliphatic carbocycles. The van der Waals surface area contributed by atoms with Crippen LogP contribution in [0.1, 0.15) is 21.5 Å². The number of nitrogens with zero attached hydrogens (tertiary/aromatic N) is 2. The summed E-state index contributed by atoms with van der Waals surface area (Å²) in [5, 5.41) is 5.71. The molecule has 1 fully saturated rings. The van der Waals surface area contributed by atoms with Crippen LogP contribution in [0.2, 0.25) is 0 Å². The fourth-order valence-electron chi connectivity index (χ4n) is 3.92. The van der Waals surface area contributed by atoms with E-state index in [2.05, 4.69) is 15.5 Å². The smallest absolute Gasteiger partial charge is 0.323 e. The standard InChI is InChI=1S/C26H28N4O2/c1-19-6-5-8-22(18-19)28-26(32)27-21-10-12-23(13-11-21)29-14-16-30(17-15-29)25(31)24-9-4-3-7-20(24)2/h3-13,18H,14-17H2,1-2H3,(H2,27,28,32). The molecule has 0 bridgehead atoms. The van der Waals surface area contributed by atoms with Crippen LogP contribution >= 0.6 is 0 Å². The lowest BCUT2D eigenvalue weighted by Crippen LogP contribution is -2.48. The molecule has 1 saturated heterocycles. The summed E-state index contributed by atoms with van der Waals surface area (Å²) in [7, 11) is 0. The zero-order valence-electron chi connectivity index (χ0n) is 18.5. The van der Waals surface area contributed by atoms with E-state index in [1.54, 1.807) is 0 Å². The first kappa shape index (κ1) is 21.4. The van der Waals surface area contributed by atoms with E-state index in [1.165, 1.54) is 0 Å². The Morgan fingerprint density at radius 3 is 2.12 bits per heavy atom. The first-order valence-corrected chi connectivity index (χ1v) is 10.8. The van der Waals surface area contributed by atoms with Crippen LogP contribution in [0.4, 0.5) is 21.9 Å². The Morgan fingerprint density at radius 1 is 0.750 bits per heavy atom. The third kappa shape index (κ3) is 5.09. The number of piperazine rings is 1. The fraction of sp³-hybridized carbons (Fsp3) is 0.231. The minimum atomic E-state index is -0.272. The first-order chi connectivity index (χ1) is 15.5. The third-order valence-electron chi connectivity index (χ3n) is 5.71. The highest BCUT2D eigenvalue weighted by Crippen LogP contribution is 2.21. The van der Waals surface area contributed by atoms with E-state index in [0.717, 1.165) is 46.8 Å². The van der Waals surface area contributed by atoms with Crippen LogP contribution < -0.4 is 15.5 Å². The lowest BCUT2D eigenvalue weighted by Gasteiger charge is -2.36. The lowest BCUT2D eigenvalue weighted by molar-refractivity contribution is 0.0746. The average molecular weight is 429 g/mol. The van der Waals surface area contributed by atoms with Crippen molar-refractivity contribution >= 4 is 29.0 Å². The van der Waals surface area contributed by atoms with Crippen molar-refractivity contribution in [1.82, 2.24) is 4.90 Å². The van der Waals surface area contributed by atoms with Crippen LogP contribution in [0.25, 0.3) is 0 Å². The predicted octanol–water partition coefficient (Wildman–Crippen LogP) is 4.91. The Balaban J connectivity index is 1.30. The van der Waals surface area contributed by atoms with Gasteiger partial charge in [-0.3, -0.25) is 4.79 Å². The molecule has 1 aliphatic heterocycles. The molecule has 2 N–H and O–H groups in total. The van der Waals surface area contributed by atoms with Crippen molar-refractivity contribution in [2.24, 2.45) is 0 Å². The molecule has 1 aliphatic rings. The molecule has 0 aromatic heterocycles. The molecule has 1 heterocycles. The molecule has 3 aromatic rings. The molecular weight excluding hydrogens is 400 g/mol. The van der Waals surface area contributed by atoms with Crippen LogP contribution in [-0.2, 0) is 0 Å². The van der Waals surface area contributed by atoms with E-state index in [-0.39, 0.29) is 11.9 Å². The molecule has 0 spiro atoms. The molecule has 3 amide bonds. The van der Waals surface area contributed by atoms with Gasteiger partial charge in [-0.05, 0) is 67.4 Å². The van der Waals surface area contributed by atoms with Crippen LogP contribution in [-0.4, -0.2) is 43.0 Å². The minimum Gasteiger partial charge on any atom is -0.368 e. The van der Waals surface area contributed by atoms with Crippen molar-refractivity contribution in [2.75, 3.05) is 41.7 Å². The van der Waals surface area contributed by atoms with Gasteiger partial charge in [0.25, 0.3) is 5.91 Å². The summed E-state index contributed by atoms with van der Waals surface area (Å²) in [6.45, 7) is 6.88. The lowest BCUT2D eigenvalue weighted by atomic mass is 10.1. The van der Waals surface area contributed by atoms with Crippen LogP contribution in [0.15, 0.2) is 72.8 Å². The van der Waals surface area contributed by atoms with E-state index >= 15 is 0 Å². The summed E-state index contributed by atoms with van der Waals surface area (Å²) in [5.41, 5.74) is 5.45. The van der Waals surface area contributed by atoms with Gasteiger partial charge in [-0.15, -0.1) is 0 Å². The van der Waals surface area contributed by atoms with Crippen LogP contribution in [0, 0.1) is 13.8 Å². The number of rotatable bonds is 4. The van der Waals surface area contributed by atoms with Gasteiger partial charge in [0.2, 0.25) is 0 Å². The monoisotopic (exact) mass is 428 g/mol. The van der Waals surface area contributed by atoms with Gasteiger partial charge in [0.1, 0.15) is 0 Å². The predicted molar refractivity (Wildman–Crippen MR) is 130 cm³/mol. The van der Waals surface area contributed by atoms with Crippen molar-refractivity contribution in [3.05, 3.63) is 89.5 Å². The van der Waals surface area contributed by atoms with Crippen molar-refractivity contribution in [2.45, 2.75) is 13.8 Å². The van der Waals surface area contributed by atoms with Gasteiger partial charge in [0.05, 0.1) is 0 Å². The number of carbonyl (C=O) groups excluding carboxylic acids is 2. The maximum absolute atomic E-state index is 12.8. The van der Waals surface area contributed by atoms with Gasteiger partial charge in [-0.1, -0.05) is 30.3 Å². The summed E-state index contributed by atoms with van der Waals surface area (Å²) in [5.74, 6) is 0.0990. The number of hydrogen-bond donors (Lipinski definition) is 2. The normalized spacial score (nSPS) is 13.6. The van der Waals surface area contributed by atoms with E-state index < -0.39 is 0 Å². The molecule has 6 nitrogen and oxygen atoms in total. The van der Waals surface area contributed by atoms with Crippen molar-refractivity contribution in [1.29, 1.82) is 0 Å². The Bertz CT molecular complexity index is 1100. The minimum absolute atomic E-state index is 0.0990. The zero-order chi connectivity index (χ0) is 22.5. The highest BCUT2D eigenvalue weighted by molar-refractivity contribution is 6.00. The second-order valence-corrected chi connectivity index (χ2v) is 8.09. The number of aryl methyl sites for hydroxylation is 2. The summed E-state index contributed by atoms with van der Waals surface area (Å²) < 4.78 is 0. The highest BCUT2D eigenvalue weighted by atomic mass is 16.2. The first-order valence-electron chi connectivity index (χ1n) is 10.8. The maximum atomic E-state index is 12.8. The van der Waals surface area contributed by atoms with Gasteiger partial charge in [-0.2, -0.15) is 0 Å². The quantitative estimate of drug-likeness (QED) is 0.621. The maximum Gasteiger partial charge on any atom is 0.323 e. The molecule has 4 rings (SSSR count). The SMILES string of the molecule is Cc1cccc(NC(=O)Nc2ccc(N3CCN(C(=O)c4ccccc4C)CC3)cc2)c1. The second kappa shape index (κ2) is 9.56. The molecule has 32 heavy (non-hydrogen) atoms. The number of hydrogen-bond acceptors (Lipinski definition) is 3. The van der Waals surface area contributed by atoms with Crippen molar-refractivity contribution in [3.8, 4) is 0 Å². The summed E-state index contributed by atoms with van der Waals surface area (Å²) in [6, 6.07) is 22.9. The topological polar surface area (TPSA) is 64.7 Å². The molecule has 0 radical (unpaired) electrons. The Morgan fingerprint density at radius 2 is 1.44 bits per heavy atom. The Kier molecular flexibility index (Phi) is 6.40. The van der Waals surface area contributed by atoms with E-state index in [9.17, 15) is 9.59 Å². The largest absolute Gasteiger partial charge is 0.368 e. The Hall–Kier alpha value is -3.80. The number of urea groups is 1. The Labute approximate surface area is 188 Å². The molecule has 3 aromatic carbocycles. The number of anilines is 3. The summed E-state index contributed by atoms with van der Waals surface area (Å²) >= 11 is 0. The van der Waals surface area contributed by atoms with Gasteiger partial charge in [0.15, 0.2) is 0 Å². The van der Waals surface area contributed by atoms with Crippen LogP contribution in [0.5, 0.6) is 0 Å². The number of nitrogens with one attached hydrogen (secondary N) is 2. The summed E-state index contributed by atoms with van der Waals surface area (Å²) in [4.78, 5) is 29.3. The molecule has 0 atom stereocenters.